The Labute approximate surface area is 122 Å². The molecule has 0 aliphatic carbocycles. The number of rotatable bonds is 5. The first kappa shape index (κ1) is 16.5. The number of thiophene rings is 1. The van der Waals surface area contributed by atoms with Crippen LogP contribution in [0.25, 0.3) is 0 Å². The van der Waals surface area contributed by atoms with E-state index in [-0.39, 0.29) is 28.0 Å². The van der Waals surface area contributed by atoms with Gasteiger partial charge >= 0.3 is 0 Å². The summed E-state index contributed by atoms with van der Waals surface area (Å²) in [6.07, 6.45) is 0. The molecule has 0 bridgehead atoms. The van der Waals surface area contributed by atoms with Crippen molar-refractivity contribution in [1.29, 1.82) is 0 Å². The molecule has 0 radical (unpaired) electrons. The maximum absolute atomic E-state index is 11.9. The molecule has 0 aliphatic rings. The Kier molecular flexibility index (Phi) is 5.41. The minimum Gasteiger partial charge on any atom is -0.349 e. The number of carbonyl (C=O) groups excluding carboxylic acids is 1. The van der Waals surface area contributed by atoms with Gasteiger partial charge in [0.25, 0.3) is 9.05 Å². The lowest BCUT2D eigenvalue weighted by Crippen LogP contribution is -2.33. The molecule has 0 fully saturated rings. The highest BCUT2D eigenvalue weighted by molar-refractivity contribution is 8.15. The SMILES string of the molecule is CC(NC(=O)C(C)C(C)C)c1ccc(S(=O)(=O)Cl)s1. The van der Waals surface area contributed by atoms with Crippen LogP contribution in [0, 0.1) is 11.8 Å². The predicted molar refractivity (Wildman–Crippen MR) is 77.9 cm³/mol. The molecule has 1 rings (SSSR count). The number of hydrogen-bond donors (Lipinski definition) is 1. The molecule has 1 N–H and O–H groups in total. The second-order valence-corrected chi connectivity index (χ2v) is 8.77. The summed E-state index contributed by atoms with van der Waals surface area (Å²) in [4.78, 5) is 12.7. The van der Waals surface area contributed by atoms with E-state index in [0.29, 0.717) is 0 Å². The lowest BCUT2D eigenvalue weighted by Gasteiger charge is -2.18. The molecule has 1 amide bonds. The van der Waals surface area contributed by atoms with Gasteiger partial charge in [0.2, 0.25) is 5.91 Å². The highest BCUT2D eigenvalue weighted by Crippen LogP contribution is 2.29. The van der Waals surface area contributed by atoms with Crippen molar-refractivity contribution in [2.24, 2.45) is 11.8 Å². The summed E-state index contributed by atoms with van der Waals surface area (Å²) >= 11 is 1.08. The highest BCUT2D eigenvalue weighted by atomic mass is 35.7. The first-order valence-corrected chi connectivity index (χ1v) is 9.10. The Morgan fingerprint density at radius 1 is 1.26 bits per heavy atom. The van der Waals surface area contributed by atoms with Crippen LogP contribution in [0.1, 0.15) is 38.6 Å². The van der Waals surface area contributed by atoms with Crippen molar-refractivity contribution in [3.05, 3.63) is 17.0 Å². The van der Waals surface area contributed by atoms with Gasteiger partial charge < -0.3 is 5.32 Å². The second-order valence-electron chi connectivity index (χ2n) is 4.86. The summed E-state index contributed by atoms with van der Waals surface area (Å²) in [5.41, 5.74) is 0. The minimum atomic E-state index is -3.70. The number of hydrogen-bond acceptors (Lipinski definition) is 4. The number of carbonyl (C=O) groups is 1. The third-order valence-corrected chi connectivity index (χ3v) is 6.40. The zero-order valence-corrected chi connectivity index (χ0v) is 13.7. The molecule has 0 aliphatic heterocycles. The summed E-state index contributed by atoms with van der Waals surface area (Å²) < 4.78 is 22.5. The Bertz CT molecular complexity index is 551. The predicted octanol–water partition coefficient (Wildman–Crippen LogP) is 3.14. The first-order chi connectivity index (χ1) is 8.62. The van der Waals surface area contributed by atoms with E-state index in [1.807, 2.05) is 27.7 Å². The molecule has 2 atom stereocenters. The molecule has 0 saturated heterocycles. The average molecular weight is 324 g/mol. The maximum atomic E-state index is 11.9. The molecule has 1 heterocycles. The van der Waals surface area contributed by atoms with Gasteiger partial charge in [0.05, 0.1) is 6.04 Å². The molecule has 108 valence electrons. The zero-order valence-electron chi connectivity index (χ0n) is 11.3. The highest BCUT2D eigenvalue weighted by Gasteiger charge is 2.21. The lowest BCUT2D eigenvalue weighted by atomic mass is 9.97. The molecule has 19 heavy (non-hydrogen) atoms. The van der Waals surface area contributed by atoms with E-state index in [0.717, 1.165) is 16.2 Å². The van der Waals surface area contributed by atoms with Crippen LogP contribution >= 0.6 is 22.0 Å². The van der Waals surface area contributed by atoms with Gasteiger partial charge in [-0.3, -0.25) is 4.79 Å². The summed E-state index contributed by atoms with van der Waals surface area (Å²) in [5.74, 6) is 0.138. The normalized spacial score (nSPS) is 15.3. The molecule has 4 nitrogen and oxygen atoms in total. The van der Waals surface area contributed by atoms with E-state index in [2.05, 4.69) is 5.32 Å². The third kappa shape index (κ3) is 4.47. The van der Waals surface area contributed by atoms with Crippen LogP contribution in [0.15, 0.2) is 16.3 Å². The largest absolute Gasteiger partial charge is 0.349 e. The number of halogens is 1. The van der Waals surface area contributed by atoms with Crippen LogP contribution in [-0.2, 0) is 13.8 Å². The Morgan fingerprint density at radius 2 is 1.84 bits per heavy atom. The van der Waals surface area contributed by atoms with E-state index in [1.165, 1.54) is 6.07 Å². The zero-order chi connectivity index (χ0) is 14.8. The van der Waals surface area contributed by atoms with Crippen molar-refractivity contribution < 1.29 is 13.2 Å². The summed E-state index contributed by atoms with van der Waals surface area (Å²) in [6, 6.07) is 2.90. The van der Waals surface area contributed by atoms with Crippen molar-refractivity contribution in [2.75, 3.05) is 0 Å². The topological polar surface area (TPSA) is 63.2 Å². The fourth-order valence-electron chi connectivity index (χ4n) is 1.42. The van der Waals surface area contributed by atoms with Crippen molar-refractivity contribution >= 4 is 37.0 Å². The summed E-state index contributed by atoms with van der Waals surface area (Å²) in [5, 5.41) is 2.88. The van der Waals surface area contributed by atoms with Gasteiger partial charge in [-0.05, 0) is 25.0 Å². The van der Waals surface area contributed by atoms with Crippen LogP contribution in [0.4, 0.5) is 0 Å². The van der Waals surface area contributed by atoms with E-state index < -0.39 is 9.05 Å². The molecule has 2 unspecified atom stereocenters. The van der Waals surface area contributed by atoms with Gasteiger partial charge in [0.15, 0.2) is 0 Å². The fourth-order valence-corrected chi connectivity index (χ4v) is 3.51. The van der Waals surface area contributed by atoms with E-state index in [9.17, 15) is 13.2 Å². The van der Waals surface area contributed by atoms with Gasteiger partial charge in [-0.2, -0.15) is 0 Å². The maximum Gasteiger partial charge on any atom is 0.270 e. The Morgan fingerprint density at radius 3 is 2.26 bits per heavy atom. The molecule has 1 aromatic rings. The van der Waals surface area contributed by atoms with E-state index in [1.54, 1.807) is 6.07 Å². The van der Waals surface area contributed by atoms with Crippen molar-refractivity contribution in [3.8, 4) is 0 Å². The third-order valence-electron chi connectivity index (χ3n) is 3.04. The molecule has 7 heteroatoms. The molecule has 1 aromatic heterocycles. The molecular weight excluding hydrogens is 306 g/mol. The Balaban J connectivity index is 2.77. The smallest absolute Gasteiger partial charge is 0.270 e. The Hall–Kier alpha value is -0.590. The molecule has 0 aromatic carbocycles. The lowest BCUT2D eigenvalue weighted by molar-refractivity contribution is -0.126. The quantitative estimate of drug-likeness (QED) is 0.847. The molecule has 0 saturated carbocycles. The van der Waals surface area contributed by atoms with Gasteiger partial charge in [0.1, 0.15) is 4.21 Å². The van der Waals surface area contributed by atoms with E-state index >= 15 is 0 Å². The average Bonchev–Trinajstić information content (AvgIpc) is 2.76. The molecule has 0 spiro atoms. The van der Waals surface area contributed by atoms with Crippen LogP contribution < -0.4 is 5.32 Å². The van der Waals surface area contributed by atoms with Crippen molar-refractivity contribution in [3.63, 3.8) is 0 Å². The van der Waals surface area contributed by atoms with Crippen molar-refractivity contribution in [1.82, 2.24) is 5.32 Å². The minimum absolute atomic E-state index is 0.0359. The fraction of sp³-hybridized carbons (Fsp3) is 0.583. The van der Waals surface area contributed by atoms with Gasteiger partial charge in [-0.15, -0.1) is 11.3 Å². The van der Waals surface area contributed by atoms with Gasteiger partial charge in [-0.1, -0.05) is 20.8 Å². The summed E-state index contributed by atoms with van der Waals surface area (Å²) in [7, 11) is 1.57. The van der Waals surface area contributed by atoms with E-state index in [4.69, 9.17) is 10.7 Å². The monoisotopic (exact) mass is 323 g/mol. The number of nitrogens with one attached hydrogen (secondary N) is 1. The van der Waals surface area contributed by atoms with Crippen LogP contribution in [-0.4, -0.2) is 14.3 Å². The number of amides is 1. The van der Waals surface area contributed by atoms with Crippen LogP contribution in [0.3, 0.4) is 0 Å². The van der Waals surface area contributed by atoms with Gasteiger partial charge in [0, 0.05) is 21.5 Å². The van der Waals surface area contributed by atoms with Crippen LogP contribution in [0.5, 0.6) is 0 Å². The summed E-state index contributed by atoms with van der Waals surface area (Å²) in [6.45, 7) is 7.66. The first-order valence-electron chi connectivity index (χ1n) is 5.97. The second kappa shape index (κ2) is 6.24. The van der Waals surface area contributed by atoms with Crippen LogP contribution in [0.2, 0.25) is 0 Å². The van der Waals surface area contributed by atoms with Crippen molar-refractivity contribution in [2.45, 2.75) is 37.9 Å². The molecular formula is C12H18ClNO3S2. The van der Waals surface area contributed by atoms with Gasteiger partial charge in [-0.25, -0.2) is 8.42 Å². The standard InChI is InChI=1S/C12H18ClNO3S2/c1-7(2)8(3)12(15)14-9(4)10-5-6-11(18-10)19(13,16)17/h5-9H,1-4H3,(H,14,15).